The van der Waals surface area contributed by atoms with Crippen LogP contribution in [0.1, 0.15) is 0 Å². The number of halogens is 3. The van der Waals surface area contributed by atoms with Gasteiger partial charge in [-0.3, -0.25) is 0 Å². The summed E-state index contributed by atoms with van der Waals surface area (Å²) in [4.78, 5) is 12.0. The average Bonchev–Trinajstić information content (AvgIpc) is 2.16. The molecule has 2 heterocycles. The summed E-state index contributed by atoms with van der Waals surface area (Å²) in [5.74, 6) is 0.356. The highest BCUT2D eigenvalue weighted by Gasteiger charge is 2.06. The number of hydrogen-bond donors (Lipinski definition) is 0. The highest BCUT2D eigenvalue weighted by atomic mass is 35.5. The Balaban J connectivity index is 2.54. The number of pyridine rings is 1. The minimum absolute atomic E-state index is 0.270. The molecule has 2 aromatic rings. The van der Waals surface area contributed by atoms with E-state index in [1.54, 1.807) is 18.2 Å². The number of hydrogen-bond acceptors (Lipinski definition) is 3. The van der Waals surface area contributed by atoms with E-state index in [2.05, 4.69) is 15.0 Å². The van der Waals surface area contributed by atoms with Crippen molar-refractivity contribution in [1.29, 1.82) is 0 Å². The van der Waals surface area contributed by atoms with E-state index in [9.17, 15) is 0 Å². The molecular formula is C9H4Cl3N3. The molecule has 2 aromatic heterocycles. The van der Waals surface area contributed by atoms with Gasteiger partial charge in [0.1, 0.15) is 21.2 Å². The maximum Gasteiger partial charge on any atom is 0.181 e. The lowest BCUT2D eigenvalue weighted by Gasteiger charge is -2.00. The van der Waals surface area contributed by atoms with Gasteiger partial charge in [-0.2, -0.15) is 0 Å². The Morgan fingerprint density at radius 3 is 2.07 bits per heavy atom. The summed E-state index contributed by atoms with van der Waals surface area (Å²) in [5, 5.41) is 0.908. The van der Waals surface area contributed by atoms with Gasteiger partial charge < -0.3 is 0 Å². The SMILES string of the molecule is Clc1cccc(-c2nc(Cl)cc(Cl)n2)n1. The molecular weight excluding hydrogens is 256 g/mol. The van der Waals surface area contributed by atoms with Crippen molar-refractivity contribution in [2.75, 3.05) is 0 Å². The first-order valence-electron chi connectivity index (χ1n) is 3.98. The summed E-state index contributed by atoms with van der Waals surface area (Å²) in [5.41, 5.74) is 0.534. The molecule has 15 heavy (non-hydrogen) atoms. The normalized spacial score (nSPS) is 10.3. The molecule has 0 aromatic carbocycles. The monoisotopic (exact) mass is 259 g/mol. The summed E-state index contributed by atoms with van der Waals surface area (Å²) in [6.45, 7) is 0. The summed E-state index contributed by atoms with van der Waals surface area (Å²) in [6, 6.07) is 6.60. The van der Waals surface area contributed by atoms with E-state index in [1.807, 2.05) is 0 Å². The third-order valence-corrected chi connectivity index (χ3v) is 2.21. The summed E-state index contributed by atoms with van der Waals surface area (Å²) in [6.07, 6.45) is 0. The first-order chi connectivity index (χ1) is 7.15. The van der Waals surface area contributed by atoms with Gasteiger partial charge in [0, 0.05) is 6.07 Å². The maximum atomic E-state index is 5.74. The Morgan fingerprint density at radius 2 is 1.47 bits per heavy atom. The molecule has 0 bridgehead atoms. The molecule has 0 aliphatic heterocycles. The van der Waals surface area contributed by atoms with Crippen molar-refractivity contribution in [1.82, 2.24) is 15.0 Å². The lowest BCUT2D eigenvalue weighted by molar-refractivity contribution is 1.14. The minimum atomic E-state index is 0.270. The second-order valence-electron chi connectivity index (χ2n) is 2.68. The molecule has 0 amide bonds. The molecule has 0 N–H and O–H groups in total. The average molecular weight is 261 g/mol. The van der Waals surface area contributed by atoms with Crippen LogP contribution < -0.4 is 0 Å². The maximum absolute atomic E-state index is 5.74. The van der Waals surface area contributed by atoms with E-state index in [0.717, 1.165) is 0 Å². The van der Waals surface area contributed by atoms with Crippen molar-refractivity contribution in [3.63, 3.8) is 0 Å². The lowest BCUT2D eigenvalue weighted by atomic mass is 10.3. The summed E-state index contributed by atoms with van der Waals surface area (Å²) in [7, 11) is 0. The quantitative estimate of drug-likeness (QED) is 0.582. The van der Waals surface area contributed by atoms with Gasteiger partial charge in [0.2, 0.25) is 0 Å². The molecule has 0 aliphatic rings. The van der Waals surface area contributed by atoms with Crippen molar-refractivity contribution in [2.45, 2.75) is 0 Å². The van der Waals surface area contributed by atoms with Crippen LogP contribution in [0.2, 0.25) is 15.5 Å². The molecule has 0 aliphatic carbocycles. The highest BCUT2D eigenvalue weighted by Crippen LogP contribution is 2.19. The highest BCUT2D eigenvalue weighted by molar-refractivity contribution is 6.33. The first kappa shape index (κ1) is 10.6. The Kier molecular flexibility index (Phi) is 3.05. The van der Waals surface area contributed by atoms with Gasteiger partial charge in [0.15, 0.2) is 5.82 Å². The van der Waals surface area contributed by atoms with Gasteiger partial charge in [0.25, 0.3) is 0 Å². The lowest BCUT2D eigenvalue weighted by Crippen LogP contribution is -1.92. The smallest absolute Gasteiger partial charge is 0.181 e. The van der Waals surface area contributed by atoms with Crippen LogP contribution in [0.15, 0.2) is 24.3 Å². The number of rotatable bonds is 1. The Hall–Kier alpha value is -0.900. The van der Waals surface area contributed by atoms with Crippen molar-refractivity contribution in [3.8, 4) is 11.5 Å². The van der Waals surface area contributed by atoms with Crippen LogP contribution in [-0.2, 0) is 0 Å². The van der Waals surface area contributed by atoms with Crippen LogP contribution in [-0.4, -0.2) is 15.0 Å². The van der Waals surface area contributed by atoms with E-state index < -0.39 is 0 Å². The predicted molar refractivity (Wildman–Crippen MR) is 60.3 cm³/mol. The van der Waals surface area contributed by atoms with Gasteiger partial charge in [0.05, 0.1) is 0 Å². The molecule has 0 atom stereocenters. The molecule has 0 spiro atoms. The van der Waals surface area contributed by atoms with E-state index >= 15 is 0 Å². The topological polar surface area (TPSA) is 38.7 Å². The zero-order valence-corrected chi connectivity index (χ0v) is 9.55. The molecule has 6 heteroatoms. The van der Waals surface area contributed by atoms with Gasteiger partial charge in [-0.25, -0.2) is 15.0 Å². The van der Waals surface area contributed by atoms with Gasteiger partial charge in [-0.05, 0) is 12.1 Å². The molecule has 0 fully saturated rings. The van der Waals surface area contributed by atoms with E-state index in [0.29, 0.717) is 16.7 Å². The second-order valence-corrected chi connectivity index (χ2v) is 3.84. The number of aromatic nitrogens is 3. The van der Waals surface area contributed by atoms with Gasteiger partial charge in [-0.15, -0.1) is 0 Å². The molecule has 2 rings (SSSR count). The van der Waals surface area contributed by atoms with Crippen LogP contribution in [0.4, 0.5) is 0 Å². The Morgan fingerprint density at radius 1 is 0.800 bits per heavy atom. The standard InChI is InChI=1S/C9H4Cl3N3/c10-6-3-1-2-5(13-6)9-14-7(11)4-8(12)15-9/h1-4H. The fourth-order valence-electron chi connectivity index (χ4n) is 1.04. The van der Waals surface area contributed by atoms with Crippen LogP contribution in [0.5, 0.6) is 0 Å². The number of nitrogens with zero attached hydrogens (tertiary/aromatic N) is 3. The van der Waals surface area contributed by atoms with Crippen molar-refractivity contribution in [2.24, 2.45) is 0 Å². The van der Waals surface area contributed by atoms with Crippen LogP contribution in [0.3, 0.4) is 0 Å². The van der Waals surface area contributed by atoms with Crippen molar-refractivity contribution < 1.29 is 0 Å². The Labute approximate surface area is 101 Å². The molecule has 0 saturated carbocycles. The first-order valence-corrected chi connectivity index (χ1v) is 5.11. The van der Waals surface area contributed by atoms with Crippen molar-refractivity contribution in [3.05, 3.63) is 39.7 Å². The van der Waals surface area contributed by atoms with E-state index in [-0.39, 0.29) is 10.3 Å². The summed E-state index contributed by atoms with van der Waals surface area (Å²) >= 11 is 17.2. The third kappa shape index (κ3) is 2.56. The third-order valence-electron chi connectivity index (χ3n) is 1.61. The zero-order chi connectivity index (χ0) is 10.8. The molecule has 3 nitrogen and oxygen atoms in total. The molecule has 76 valence electrons. The molecule has 0 saturated heterocycles. The predicted octanol–water partition coefficient (Wildman–Crippen LogP) is 3.50. The Bertz CT molecular complexity index is 481. The second kappa shape index (κ2) is 4.31. The summed E-state index contributed by atoms with van der Waals surface area (Å²) < 4.78 is 0. The molecule has 0 radical (unpaired) electrons. The van der Waals surface area contributed by atoms with E-state index in [4.69, 9.17) is 34.8 Å². The zero-order valence-electron chi connectivity index (χ0n) is 7.28. The van der Waals surface area contributed by atoms with Crippen molar-refractivity contribution >= 4 is 34.8 Å². The molecule has 0 unspecified atom stereocenters. The van der Waals surface area contributed by atoms with Crippen LogP contribution in [0, 0.1) is 0 Å². The van der Waals surface area contributed by atoms with Gasteiger partial charge in [-0.1, -0.05) is 40.9 Å². The largest absolute Gasteiger partial charge is 0.233 e. The van der Waals surface area contributed by atoms with E-state index in [1.165, 1.54) is 6.07 Å². The fourth-order valence-corrected chi connectivity index (χ4v) is 1.62. The van der Waals surface area contributed by atoms with Gasteiger partial charge >= 0.3 is 0 Å². The van der Waals surface area contributed by atoms with Crippen LogP contribution in [0.25, 0.3) is 11.5 Å². The fraction of sp³-hybridized carbons (Fsp3) is 0. The minimum Gasteiger partial charge on any atom is -0.233 e. The van der Waals surface area contributed by atoms with Crippen LogP contribution >= 0.6 is 34.8 Å².